The zero-order valence-electron chi connectivity index (χ0n) is 10.6. The Morgan fingerprint density at radius 1 is 1.41 bits per heavy atom. The van der Waals surface area contributed by atoms with E-state index >= 15 is 0 Å². The molecule has 98 valence electrons. The zero-order chi connectivity index (χ0) is 12.8. The second-order valence-corrected chi connectivity index (χ2v) is 4.90. The average Bonchev–Trinajstić information content (AvgIpc) is 2.28. The highest BCUT2D eigenvalue weighted by Crippen LogP contribution is 2.15. The summed E-state index contributed by atoms with van der Waals surface area (Å²) in [5.74, 6) is -0.393. The SMILES string of the molecule is CC1CCN(CCC(=O)NC(C)C(=O)O)CC1. The van der Waals surface area contributed by atoms with Crippen molar-refractivity contribution < 1.29 is 14.7 Å². The summed E-state index contributed by atoms with van der Waals surface area (Å²) in [7, 11) is 0. The van der Waals surface area contributed by atoms with Gasteiger partial charge in [-0.05, 0) is 38.8 Å². The predicted octanol–water partition coefficient (Wildman–Crippen LogP) is 0.698. The molecule has 1 aliphatic heterocycles. The molecule has 0 aromatic carbocycles. The van der Waals surface area contributed by atoms with Crippen molar-refractivity contribution in [1.82, 2.24) is 10.2 Å². The van der Waals surface area contributed by atoms with E-state index in [1.165, 1.54) is 19.8 Å². The molecule has 1 aliphatic rings. The Bertz CT molecular complexity index is 273. The Morgan fingerprint density at radius 2 is 2.00 bits per heavy atom. The van der Waals surface area contributed by atoms with Crippen molar-refractivity contribution in [2.75, 3.05) is 19.6 Å². The van der Waals surface area contributed by atoms with Gasteiger partial charge in [-0.2, -0.15) is 0 Å². The van der Waals surface area contributed by atoms with Gasteiger partial charge in [0, 0.05) is 13.0 Å². The van der Waals surface area contributed by atoms with Gasteiger partial charge in [-0.1, -0.05) is 6.92 Å². The Kier molecular flexibility index (Phi) is 5.41. The van der Waals surface area contributed by atoms with Gasteiger partial charge in [0.2, 0.25) is 5.91 Å². The van der Waals surface area contributed by atoms with Crippen LogP contribution in [0.2, 0.25) is 0 Å². The molecular formula is C12H22N2O3. The van der Waals surface area contributed by atoms with E-state index in [1.54, 1.807) is 0 Å². The van der Waals surface area contributed by atoms with E-state index in [0.29, 0.717) is 6.42 Å². The molecule has 0 aromatic rings. The van der Waals surface area contributed by atoms with Gasteiger partial charge in [-0.15, -0.1) is 0 Å². The third-order valence-corrected chi connectivity index (χ3v) is 3.28. The second-order valence-electron chi connectivity index (χ2n) is 4.90. The van der Waals surface area contributed by atoms with Crippen LogP contribution >= 0.6 is 0 Å². The van der Waals surface area contributed by atoms with Crippen molar-refractivity contribution in [3.05, 3.63) is 0 Å². The van der Waals surface area contributed by atoms with Crippen LogP contribution in [-0.4, -0.2) is 47.6 Å². The van der Waals surface area contributed by atoms with Crippen LogP contribution in [0.25, 0.3) is 0 Å². The predicted molar refractivity (Wildman–Crippen MR) is 64.7 cm³/mol. The molecule has 17 heavy (non-hydrogen) atoms. The number of aliphatic carboxylic acids is 1. The molecule has 2 N–H and O–H groups in total. The third kappa shape index (κ3) is 5.17. The van der Waals surface area contributed by atoms with Crippen LogP contribution in [0.3, 0.4) is 0 Å². The van der Waals surface area contributed by atoms with Crippen LogP contribution in [0.5, 0.6) is 0 Å². The van der Waals surface area contributed by atoms with E-state index in [4.69, 9.17) is 5.11 Å². The number of carbonyl (C=O) groups excluding carboxylic acids is 1. The number of hydrogen-bond acceptors (Lipinski definition) is 3. The third-order valence-electron chi connectivity index (χ3n) is 3.28. The highest BCUT2D eigenvalue weighted by atomic mass is 16.4. The van der Waals surface area contributed by atoms with Crippen LogP contribution in [-0.2, 0) is 9.59 Å². The van der Waals surface area contributed by atoms with E-state index in [0.717, 1.165) is 25.6 Å². The fourth-order valence-corrected chi connectivity index (χ4v) is 1.92. The summed E-state index contributed by atoms with van der Waals surface area (Å²) in [6.45, 7) is 6.54. The number of likely N-dealkylation sites (tertiary alicyclic amines) is 1. The second kappa shape index (κ2) is 6.59. The summed E-state index contributed by atoms with van der Waals surface area (Å²) in [6.07, 6.45) is 2.76. The minimum absolute atomic E-state index is 0.182. The van der Waals surface area contributed by atoms with Crippen LogP contribution in [0.4, 0.5) is 0 Å². The lowest BCUT2D eigenvalue weighted by atomic mass is 9.99. The number of nitrogens with zero attached hydrogens (tertiary/aromatic N) is 1. The number of rotatable bonds is 5. The minimum atomic E-state index is -0.995. The Labute approximate surface area is 102 Å². The lowest BCUT2D eigenvalue weighted by molar-refractivity contribution is -0.141. The van der Waals surface area contributed by atoms with Crippen LogP contribution < -0.4 is 5.32 Å². The molecule has 0 aromatic heterocycles. The molecule has 1 saturated heterocycles. The first-order chi connectivity index (χ1) is 7.99. The lowest BCUT2D eigenvalue weighted by Gasteiger charge is -2.29. The molecule has 1 heterocycles. The summed E-state index contributed by atoms with van der Waals surface area (Å²) in [5, 5.41) is 11.1. The molecule has 0 spiro atoms. The zero-order valence-corrected chi connectivity index (χ0v) is 10.6. The molecular weight excluding hydrogens is 220 g/mol. The molecule has 1 fully saturated rings. The maximum absolute atomic E-state index is 11.5. The topological polar surface area (TPSA) is 69.6 Å². The average molecular weight is 242 g/mol. The van der Waals surface area contributed by atoms with E-state index in [-0.39, 0.29) is 5.91 Å². The monoisotopic (exact) mass is 242 g/mol. The Balaban J connectivity index is 2.17. The van der Waals surface area contributed by atoms with Crippen molar-refractivity contribution in [3.8, 4) is 0 Å². The van der Waals surface area contributed by atoms with Crippen LogP contribution in [0, 0.1) is 5.92 Å². The molecule has 0 saturated carbocycles. The van der Waals surface area contributed by atoms with Gasteiger partial charge >= 0.3 is 5.97 Å². The summed E-state index contributed by atoms with van der Waals surface area (Å²) in [6, 6.07) is -0.802. The minimum Gasteiger partial charge on any atom is -0.480 e. The number of hydrogen-bond donors (Lipinski definition) is 2. The first-order valence-electron chi connectivity index (χ1n) is 6.23. The standard InChI is InChI=1S/C12H22N2O3/c1-9-3-6-14(7-4-9)8-5-11(15)13-10(2)12(16)17/h9-10H,3-8H2,1-2H3,(H,13,15)(H,16,17). The van der Waals surface area contributed by atoms with Gasteiger partial charge in [-0.25, -0.2) is 0 Å². The van der Waals surface area contributed by atoms with E-state index in [9.17, 15) is 9.59 Å². The number of carboxylic acids is 1. The quantitative estimate of drug-likeness (QED) is 0.744. The molecule has 5 heteroatoms. The number of carbonyl (C=O) groups is 2. The fourth-order valence-electron chi connectivity index (χ4n) is 1.92. The first kappa shape index (κ1) is 14.0. The molecule has 5 nitrogen and oxygen atoms in total. The van der Waals surface area contributed by atoms with Gasteiger partial charge in [0.1, 0.15) is 6.04 Å². The van der Waals surface area contributed by atoms with Crippen molar-refractivity contribution in [2.45, 2.75) is 39.2 Å². The number of piperidine rings is 1. The Hall–Kier alpha value is -1.10. The first-order valence-corrected chi connectivity index (χ1v) is 6.23. The maximum Gasteiger partial charge on any atom is 0.325 e. The molecule has 1 amide bonds. The molecule has 1 atom stereocenters. The summed E-state index contributed by atoms with van der Waals surface area (Å²) < 4.78 is 0. The summed E-state index contributed by atoms with van der Waals surface area (Å²) in [4.78, 5) is 24.3. The van der Waals surface area contributed by atoms with Crippen LogP contribution in [0.1, 0.15) is 33.1 Å². The lowest BCUT2D eigenvalue weighted by Crippen LogP contribution is -2.41. The van der Waals surface area contributed by atoms with Gasteiger partial charge in [0.25, 0.3) is 0 Å². The van der Waals surface area contributed by atoms with Crippen molar-refractivity contribution in [3.63, 3.8) is 0 Å². The van der Waals surface area contributed by atoms with Gasteiger partial charge in [0.15, 0.2) is 0 Å². The highest BCUT2D eigenvalue weighted by molar-refractivity contribution is 5.83. The highest BCUT2D eigenvalue weighted by Gasteiger charge is 2.18. The number of carboxylic acid groups (broad SMARTS) is 1. The van der Waals surface area contributed by atoms with Gasteiger partial charge in [-0.3, -0.25) is 9.59 Å². The van der Waals surface area contributed by atoms with Gasteiger partial charge < -0.3 is 15.3 Å². The van der Waals surface area contributed by atoms with Crippen molar-refractivity contribution >= 4 is 11.9 Å². The summed E-state index contributed by atoms with van der Waals surface area (Å²) in [5.41, 5.74) is 0. The molecule has 1 unspecified atom stereocenters. The normalized spacial score (nSPS) is 19.9. The molecule has 0 bridgehead atoms. The number of nitrogens with one attached hydrogen (secondary N) is 1. The van der Waals surface area contributed by atoms with E-state index in [2.05, 4.69) is 17.1 Å². The van der Waals surface area contributed by atoms with Crippen molar-refractivity contribution in [1.29, 1.82) is 0 Å². The van der Waals surface area contributed by atoms with Crippen LogP contribution in [0.15, 0.2) is 0 Å². The van der Waals surface area contributed by atoms with E-state index < -0.39 is 12.0 Å². The molecule has 0 aliphatic carbocycles. The fraction of sp³-hybridized carbons (Fsp3) is 0.833. The van der Waals surface area contributed by atoms with E-state index in [1.807, 2.05) is 0 Å². The Morgan fingerprint density at radius 3 is 2.53 bits per heavy atom. The van der Waals surface area contributed by atoms with Gasteiger partial charge in [0.05, 0.1) is 0 Å². The smallest absolute Gasteiger partial charge is 0.325 e. The largest absolute Gasteiger partial charge is 0.480 e. The van der Waals surface area contributed by atoms with Crippen molar-refractivity contribution in [2.24, 2.45) is 5.92 Å². The maximum atomic E-state index is 11.5. The number of amides is 1. The molecule has 1 rings (SSSR count). The molecule has 0 radical (unpaired) electrons. The summed E-state index contributed by atoms with van der Waals surface area (Å²) >= 11 is 0.